The summed E-state index contributed by atoms with van der Waals surface area (Å²) in [6.45, 7) is 1.95. The summed E-state index contributed by atoms with van der Waals surface area (Å²) in [5.74, 6) is -1.39. The fraction of sp³-hybridized carbons (Fsp3) is 0.667. The SMILES string of the molecule is C/C=C1\CC[C@@H](C(=O)OC)[C@H](C(=O)OC)C1. The van der Waals surface area contributed by atoms with E-state index in [-0.39, 0.29) is 17.9 Å². The highest BCUT2D eigenvalue weighted by Crippen LogP contribution is 2.34. The van der Waals surface area contributed by atoms with E-state index in [9.17, 15) is 9.59 Å². The number of rotatable bonds is 2. The van der Waals surface area contributed by atoms with Crippen LogP contribution in [0, 0.1) is 11.8 Å². The highest BCUT2D eigenvalue weighted by atomic mass is 16.5. The molecule has 0 radical (unpaired) electrons. The standard InChI is InChI=1S/C12H18O4/c1-4-8-5-6-9(11(13)15-2)10(7-8)12(14)16-3/h4,9-10H,5-7H2,1-3H3/b8-4+/t9-,10-/m1/s1. The van der Waals surface area contributed by atoms with Gasteiger partial charge in [-0.25, -0.2) is 0 Å². The number of ether oxygens (including phenoxy) is 2. The summed E-state index contributed by atoms with van der Waals surface area (Å²) in [5.41, 5.74) is 1.20. The van der Waals surface area contributed by atoms with Crippen molar-refractivity contribution in [2.24, 2.45) is 11.8 Å². The lowest BCUT2D eigenvalue weighted by Crippen LogP contribution is -2.34. The Labute approximate surface area is 95.6 Å². The van der Waals surface area contributed by atoms with Gasteiger partial charge >= 0.3 is 11.9 Å². The zero-order valence-corrected chi connectivity index (χ0v) is 9.99. The van der Waals surface area contributed by atoms with Gasteiger partial charge in [0.05, 0.1) is 26.1 Å². The van der Waals surface area contributed by atoms with Crippen LogP contribution in [0.15, 0.2) is 11.6 Å². The van der Waals surface area contributed by atoms with E-state index < -0.39 is 5.92 Å². The topological polar surface area (TPSA) is 52.6 Å². The molecule has 1 aliphatic carbocycles. The summed E-state index contributed by atoms with van der Waals surface area (Å²) in [6, 6.07) is 0. The fourth-order valence-electron chi connectivity index (χ4n) is 2.16. The Bertz CT molecular complexity index is 306. The van der Waals surface area contributed by atoms with Crippen molar-refractivity contribution in [3.63, 3.8) is 0 Å². The second-order valence-electron chi connectivity index (χ2n) is 3.95. The molecule has 0 spiro atoms. The summed E-state index contributed by atoms with van der Waals surface area (Å²) >= 11 is 0. The van der Waals surface area contributed by atoms with Gasteiger partial charge in [-0.05, 0) is 26.2 Å². The molecule has 0 amide bonds. The average Bonchev–Trinajstić information content (AvgIpc) is 2.36. The predicted molar refractivity (Wildman–Crippen MR) is 58.6 cm³/mol. The lowest BCUT2D eigenvalue weighted by molar-refractivity contribution is -0.158. The Balaban J connectivity index is 2.83. The van der Waals surface area contributed by atoms with Crippen LogP contribution in [0.2, 0.25) is 0 Å². The van der Waals surface area contributed by atoms with Crippen molar-refractivity contribution < 1.29 is 19.1 Å². The third-order valence-corrected chi connectivity index (χ3v) is 3.16. The monoisotopic (exact) mass is 226 g/mol. The number of hydrogen-bond acceptors (Lipinski definition) is 4. The molecule has 4 heteroatoms. The van der Waals surface area contributed by atoms with Gasteiger partial charge < -0.3 is 9.47 Å². The molecule has 2 atom stereocenters. The largest absolute Gasteiger partial charge is 0.469 e. The lowest BCUT2D eigenvalue weighted by atomic mass is 9.76. The van der Waals surface area contributed by atoms with Crippen molar-refractivity contribution in [1.29, 1.82) is 0 Å². The minimum absolute atomic E-state index is 0.314. The normalized spacial score (nSPS) is 27.6. The Morgan fingerprint density at radius 1 is 1.19 bits per heavy atom. The van der Waals surface area contributed by atoms with Gasteiger partial charge in [0, 0.05) is 0 Å². The molecular weight excluding hydrogens is 208 g/mol. The predicted octanol–water partition coefficient (Wildman–Crippen LogP) is 1.70. The maximum absolute atomic E-state index is 11.6. The summed E-state index contributed by atoms with van der Waals surface area (Å²) in [7, 11) is 2.70. The van der Waals surface area contributed by atoms with E-state index in [0.29, 0.717) is 12.8 Å². The van der Waals surface area contributed by atoms with Crippen LogP contribution in [0.5, 0.6) is 0 Å². The van der Waals surface area contributed by atoms with E-state index in [1.807, 2.05) is 13.0 Å². The second kappa shape index (κ2) is 5.68. The van der Waals surface area contributed by atoms with Crippen molar-refractivity contribution >= 4 is 11.9 Å². The molecule has 4 nitrogen and oxygen atoms in total. The number of carbonyl (C=O) groups excluding carboxylic acids is 2. The van der Waals surface area contributed by atoms with Crippen molar-refractivity contribution in [3.05, 3.63) is 11.6 Å². The Morgan fingerprint density at radius 3 is 2.25 bits per heavy atom. The number of carbonyl (C=O) groups is 2. The van der Waals surface area contributed by atoms with Crippen LogP contribution in [0.25, 0.3) is 0 Å². The van der Waals surface area contributed by atoms with E-state index >= 15 is 0 Å². The molecule has 0 heterocycles. The lowest BCUT2D eigenvalue weighted by Gasteiger charge is -2.29. The van der Waals surface area contributed by atoms with Gasteiger partial charge in [0.15, 0.2) is 0 Å². The molecule has 0 unspecified atom stereocenters. The van der Waals surface area contributed by atoms with Crippen LogP contribution in [-0.2, 0) is 19.1 Å². The van der Waals surface area contributed by atoms with E-state index in [2.05, 4.69) is 0 Å². The van der Waals surface area contributed by atoms with Crippen molar-refractivity contribution in [2.45, 2.75) is 26.2 Å². The third kappa shape index (κ3) is 2.62. The van der Waals surface area contributed by atoms with Gasteiger partial charge in [-0.3, -0.25) is 9.59 Å². The van der Waals surface area contributed by atoms with Gasteiger partial charge in [0.25, 0.3) is 0 Å². The van der Waals surface area contributed by atoms with Crippen LogP contribution < -0.4 is 0 Å². The van der Waals surface area contributed by atoms with Gasteiger partial charge in [-0.1, -0.05) is 11.6 Å². The molecule has 0 saturated heterocycles. The summed E-state index contributed by atoms with van der Waals surface area (Å²) in [5, 5.41) is 0. The Morgan fingerprint density at radius 2 is 1.75 bits per heavy atom. The van der Waals surface area contributed by atoms with Gasteiger partial charge in [0.1, 0.15) is 0 Å². The van der Waals surface area contributed by atoms with Crippen LogP contribution in [0.3, 0.4) is 0 Å². The van der Waals surface area contributed by atoms with Crippen molar-refractivity contribution in [1.82, 2.24) is 0 Å². The first-order valence-electron chi connectivity index (χ1n) is 5.43. The summed E-state index contributed by atoms with van der Waals surface area (Å²) in [6.07, 6.45) is 4.11. The minimum atomic E-state index is -0.391. The molecule has 0 aliphatic heterocycles. The molecule has 0 bridgehead atoms. The van der Waals surface area contributed by atoms with Crippen LogP contribution in [0.4, 0.5) is 0 Å². The molecule has 1 saturated carbocycles. The molecule has 1 fully saturated rings. The highest BCUT2D eigenvalue weighted by Gasteiger charge is 2.38. The number of esters is 2. The second-order valence-corrected chi connectivity index (χ2v) is 3.95. The van der Waals surface area contributed by atoms with Crippen molar-refractivity contribution in [3.8, 4) is 0 Å². The van der Waals surface area contributed by atoms with E-state index in [4.69, 9.17) is 9.47 Å². The zero-order chi connectivity index (χ0) is 12.1. The third-order valence-electron chi connectivity index (χ3n) is 3.16. The average molecular weight is 226 g/mol. The fourth-order valence-corrected chi connectivity index (χ4v) is 2.16. The maximum Gasteiger partial charge on any atom is 0.309 e. The highest BCUT2D eigenvalue weighted by molar-refractivity contribution is 5.82. The summed E-state index contributed by atoms with van der Waals surface area (Å²) < 4.78 is 9.45. The molecule has 0 aromatic rings. The number of allylic oxidation sites excluding steroid dienone is 2. The first kappa shape index (κ1) is 12.7. The van der Waals surface area contributed by atoms with E-state index in [1.54, 1.807) is 0 Å². The minimum Gasteiger partial charge on any atom is -0.469 e. The van der Waals surface area contributed by atoms with E-state index in [1.165, 1.54) is 19.8 Å². The zero-order valence-electron chi connectivity index (χ0n) is 9.99. The van der Waals surface area contributed by atoms with Crippen LogP contribution >= 0.6 is 0 Å². The molecule has 16 heavy (non-hydrogen) atoms. The molecule has 1 aliphatic rings. The Hall–Kier alpha value is -1.32. The first-order chi connectivity index (χ1) is 7.63. The smallest absolute Gasteiger partial charge is 0.309 e. The molecule has 0 aromatic carbocycles. The molecule has 0 N–H and O–H groups in total. The van der Waals surface area contributed by atoms with Crippen LogP contribution in [0.1, 0.15) is 26.2 Å². The molecule has 1 rings (SSSR count). The molecular formula is C12H18O4. The molecule has 0 aromatic heterocycles. The van der Waals surface area contributed by atoms with Crippen LogP contribution in [-0.4, -0.2) is 26.2 Å². The van der Waals surface area contributed by atoms with E-state index in [0.717, 1.165) is 6.42 Å². The van der Waals surface area contributed by atoms with Gasteiger partial charge in [-0.15, -0.1) is 0 Å². The first-order valence-corrected chi connectivity index (χ1v) is 5.43. The quantitative estimate of drug-likeness (QED) is 0.531. The Kier molecular flexibility index (Phi) is 4.52. The number of hydrogen-bond donors (Lipinski definition) is 0. The molecule has 90 valence electrons. The van der Waals surface area contributed by atoms with Gasteiger partial charge in [-0.2, -0.15) is 0 Å². The van der Waals surface area contributed by atoms with Crippen molar-refractivity contribution in [2.75, 3.05) is 14.2 Å². The summed E-state index contributed by atoms with van der Waals surface area (Å²) in [4.78, 5) is 23.1. The maximum atomic E-state index is 11.6. The number of methoxy groups -OCH3 is 2. The van der Waals surface area contributed by atoms with Gasteiger partial charge in [0.2, 0.25) is 0 Å².